The third-order valence-corrected chi connectivity index (χ3v) is 2.09. The maximum Gasteiger partial charge on any atom is 0.169 e. The Kier molecular flexibility index (Phi) is 5.89. The normalized spacial score (nSPS) is 8.73. The second-order valence-electron chi connectivity index (χ2n) is 3.23. The molecule has 0 aromatic heterocycles. The average Bonchev–Trinajstić information content (AvgIpc) is 2.10. The molecule has 0 spiro atoms. The molecule has 0 atom stereocenters. The van der Waals surface area contributed by atoms with Crippen molar-refractivity contribution < 1.29 is 42.3 Å². The van der Waals surface area contributed by atoms with Crippen LogP contribution in [0.25, 0.3) is 5.57 Å². The smallest absolute Gasteiger partial charge is 0.169 e. The number of benzene rings is 1. The fourth-order valence-corrected chi connectivity index (χ4v) is 1.44. The maximum atomic E-state index is 11.2. The molecule has 0 fully saturated rings. The van der Waals surface area contributed by atoms with Crippen molar-refractivity contribution in [3.8, 4) is 0 Å². The molecule has 1 aromatic rings. The summed E-state index contributed by atoms with van der Waals surface area (Å²) in [6.07, 6.45) is 0. The molecule has 0 amide bonds. The van der Waals surface area contributed by atoms with E-state index in [1.165, 1.54) is 6.92 Å². The molecule has 0 aliphatic carbocycles. The van der Waals surface area contributed by atoms with Gasteiger partial charge < -0.3 is 0 Å². The van der Waals surface area contributed by atoms with Crippen molar-refractivity contribution in [3.05, 3.63) is 34.9 Å². The number of Topliss-reactive ketones (excluding diaryl/α,β-unsaturated/α-hetero) is 1. The summed E-state index contributed by atoms with van der Waals surface area (Å²) in [6, 6.07) is 6.44. The van der Waals surface area contributed by atoms with Gasteiger partial charge in [-0.3, -0.25) is 4.79 Å². The van der Waals surface area contributed by atoms with E-state index >= 15 is 0 Å². The molecule has 0 N–H and O–H groups in total. The van der Waals surface area contributed by atoms with Gasteiger partial charge in [0.25, 0.3) is 0 Å². The van der Waals surface area contributed by atoms with Gasteiger partial charge in [-0.25, -0.2) is 4.79 Å². The number of hydrogen-bond donors (Lipinski definition) is 0. The van der Waals surface area contributed by atoms with Crippen molar-refractivity contribution in [2.75, 3.05) is 0 Å². The summed E-state index contributed by atoms with van der Waals surface area (Å²) in [5.74, 6) is 1.45. The van der Waals surface area contributed by atoms with Gasteiger partial charge in [-0.05, 0) is 6.92 Å². The first-order valence-electron chi connectivity index (χ1n) is 4.31. The molecule has 1 aromatic carbocycles. The van der Waals surface area contributed by atoms with E-state index in [2.05, 4.69) is 6.07 Å². The molecule has 0 aliphatic heterocycles. The van der Waals surface area contributed by atoms with Gasteiger partial charge in [-0.2, -0.15) is 29.3 Å². The molecule has 15 heavy (non-hydrogen) atoms. The SMILES string of the molecule is CC(=O)C(=C=O)c1c(C)c[c-]cc1C.[Y]. The first kappa shape index (κ1) is 14.4. The molecule has 2 nitrogen and oxygen atoms in total. The van der Waals surface area contributed by atoms with Gasteiger partial charge in [0.05, 0.1) is 5.57 Å². The summed E-state index contributed by atoms with van der Waals surface area (Å²) in [4.78, 5) is 21.8. The first-order valence-corrected chi connectivity index (χ1v) is 4.31. The fraction of sp³-hybridized carbons (Fsp3) is 0.250. The maximum absolute atomic E-state index is 11.2. The van der Waals surface area contributed by atoms with Crippen LogP contribution in [0.4, 0.5) is 0 Å². The molecule has 0 heterocycles. The summed E-state index contributed by atoms with van der Waals surface area (Å²) < 4.78 is 0. The molecule has 0 bridgehead atoms. The molecule has 3 heteroatoms. The summed E-state index contributed by atoms with van der Waals surface area (Å²) in [7, 11) is 0. The van der Waals surface area contributed by atoms with Gasteiger partial charge in [0, 0.05) is 32.7 Å². The molecule has 0 saturated carbocycles. The van der Waals surface area contributed by atoms with Crippen molar-refractivity contribution >= 4 is 17.3 Å². The van der Waals surface area contributed by atoms with E-state index in [-0.39, 0.29) is 44.1 Å². The Morgan fingerprint density at radius 1 is 1.27 bits per heavy atom. The van der Waals surface area contributed by atoms with E-state index in [4.69, 9.17) is 0 Å². The average molecular weight is 276 g/mol. The zero-order valence-corrected chi connectivity index (χ0v) is 11.9. The Morgan fingerprint density at radius 3 is 2.07 bits per heavy atom. The van der Waals surface area contributed by atoms with Gasteiger partial charge in [-0.15, -0.1) is 5.56 Å². The largest absolute Gasteiger partial charge is 0.294 e. The number of rotatable bonds is 2. The predicted octanol–water partition coefficient (Wildman–Crippen LogP) is 1.91. The number of aryl methyl sites for hydroxylation is 2. The van der Waals surface area contributed by atoms with Crippen molar-refractivity contribution in [2.24, 2.45) is 0 Å². The zero-order chi connectivity index (χ0) is 10.7. The quantitative estimate of drug-likeness (QED) is 0.469. The monoisotopic (exact) mass is 276 g/mol. The minimum absolute atomic E-state index is 0. The van der Waals surface area contributed by atoms with Gasteiger partial charge in [0.15, 0.2) is 5.78 Å². The Morgan fingerprint density at radius 2 is 1.73 bits per heavy atom. The second kappa shape index (κ2) is 6.12. The minimum Gasteiger partial charge on any atom is -0.294 e. The van der Waals surface area contributed by atoms with Crippen LogP contribution in [-0.2, 0) is 42.3 Å². The van der Waals surface area contributed by atoms with Gasteiger partial charge in [0.2, 0.25) is 0 Å². The summed E-state index contributed by atoms with van der Waals surface area (Å²) in [5.41, 5.74) is 2.55. The summed E-state index contributed by atoms with van der Waals surface area (Å²) >= 11 is 0. The van der Waals surface area contributed by atoms with Crippen LogP contribution >= 0.6 is 0 Å². The number of carbonyl (C=O) groups excluding carboxylic acids is 2. The third kappa shape index (κ3) is 3.20. The van der Waals surface area contributed by atoms with Crippen LogP contribution in [0.15, 0.2) is 12.1 Å². The van der Waals surface area contributed by atoms with Crippen molar-refractivity contribution in [1.82, 2.24) is 0 Å². The number of allylic oxidation sites excluding steroid dienone is 1. The Balaban J connectivity index is 0.00000196. The van der Waals surface area contributed by atoms with Crippen molar-refractivity contribution in [2.45, 2.75) is 20.8 Å². The number of carbonyl (C=O) groups is 1. The first-order chi connectivity index (χ1) is 6.57. The molecular formula is C12H11O2Y-. The van der Waals surface area contributed by atoms with Gasteiger partial charge >= 0.3 is 0 Å². The minimum atomic E-state index is -0.252. The zero-order valence-electron chi connectivity index (χ0n) is 9.05. The number of hydrogen-bond acceptors (Lipinski definition) is 2. The van der Waals surface area contributed by atoms with Crippen LogP contribution in [0, 0.1) is 19.9 Å². The fourth-order valence-electron chi connectivity index (χ4n) is 1.44. The van der Waals surface area contributed by atoms with E-state index in [0.29, 0.717) is 5.56 Å². The van der Waals surface area contributed by atoms with Gasteiger partial charge in [-0.1, -0.05) is 13.8 Å². The summed E-state index contributed by atoms with van der Waals surface area (Å²) in [6.45, 7) is 5.06. The van der Waals surface area contributed by atoms with E-state index < -0.39 is 0 Å². The van der Waals surface area contributed by atoms with E-state index in [1.54, 1.807) is 18.1 Å². The van der Waals surface area contributed by atoms with Crippen molar-refractivity contribution in [3.63, 3.8) is 0 Å². The van der Waals surface area contributed by atoms with E-state index in [9.17, 15) is 9.59 Å². The summed E-state index contributed by atoms with van der Waals surface area (Å²) in [5, 5.41) is 0. The number of ketones is 1. The topological polar surface area (TPSA) is 34.1 Å². The van der Waals surface area contributed by atoms with Crippen molar-refractivity contribution in [1.29, 1.82) is 0 Å². The predicted molar refractivity (Wildman–Crippen MR) is 54.5 cm³/mol. The van der Waals surface area contributed by atoms with Gasteiger partial charge in [0.1, 0.15) is 5.94 Å². The van der Waals surface area contributed by atoms with Crippen LogP contribution in [0.3, 0.4) is 0 Å². The molecule has 1 radical (unpaired) electrons. The molecule has 0 unspecified atom stereocenters. The second-order valence-corrected chi connectivity index (χ2v) is 3.23. The molecule has 75 valence electrons. The Hall–Kier alpha value is -0.556. The van der Waals surface area contributed by atoms with Crippen LogP contribution in [-0.4, -0.2) is 11.7 Å². The van der Waals surface area contributed by atoms with Crippen LogP contribution in [0.1, 0.15) is 23.6 Å². The van der Waals surface area contributed by atoms with E-state index in [1.807, 2.05) is 13.8 Å². The van der Waals surface area contributed by atoms with Crippen LogP contribution in [0.5, 0.6) is 0 Å². The Bertz CT molecular complexity index is 409. The third-order valence-electron chi connectivity index (χ3n) is 2.09. The molecule has 0 saturated heterocycles. The molecule has 1 rings (SSSR count). The van der Waals surface area contributed by atoms with Crippen LogP contribution < -0.4 is 0 Å². The standard InChI is InChI=1S/C12H11O2.Y/c1-8-5-4-6-9(2)12(8)11(7-13)10(3)14;/h5-6H,1-3H3;/q-1;. The molecular weight excluding hydrogens is 265 g/mol. The molecule has 0 aliphatic rings. The van der Waals surface area contributed by atoms with E-state index in [0.717, 1.165) is 11.1 Å². The van der Waals surface area contributed by atoms with Crippen LogP contribution in [0.2, 0.25) is 0 Å². The Labute approximate surface area is 115 Å².